The average molecular weight is 895 g/mol. The van der Waals surface area contributed by atoms with Gasteiger partial charge < -0.3 is 0 Å². The van der Waals surface area contributed by atoms with Crippen LogP contribution in [0.25, 0.3) is 102 Å². The predicted molar refractivity (Wildman–Crippen MR) is 264 cm³/mol. The van der Waals surface area contributed by atoms with Gasteiger partial charge in [-0.3, -0.25) is 0 Å². The maximum Gasteiger partial charge on any atom is 0.114 e. The van der Waals surface area contributed by atoms with Gasteiger partial charge >= 0.3 is 0 Å². The highest BCUT2D eigenvalue weighted by Crippen LogP contribution is 2.50. The van der Waals surface area contributed by atoms with Crippen LogP contribution in [0.1, 0.15) is 32.7 Å². The first-order valence-electron chi connectivity index (χ1n) is 18.9. The van der Waals surface area contributed by atoms with Gasteiger partial charge in [0.15, 0.2) is 0 Å². The molecule has 8 heterocycles. The summed E-state index contributed by atoms with van der Waals surface area (Å²) in [6, 6.07) is 36.9. The molecule has 0 N–H and O–H groups in total. The SMILES string of the molecule is Cc1ccc2c(c1)sc1cc(-c3cc(C)c(-c4ccc(-c5sc(-c6ccc(-c7cc(C)c(-c8ccc(-c9sc(C)cc9C)s8)s7)c7nsnc67)cc5C)s4)s3)ccc12. The minimum Gasteiger partial charge on any atom is -0.172 e. The summed E-state index contributed by atoms with van der Waals surface area (Å²) in [6.07, 6.45) is 0. The molecule has 58 heavy (non-hydrogen) atoms. The number of rotatable bonds is 7. The Kier molecular flexibility index (Phi) is 9.09. The van der Waals surface area contributed by atoms with Crippen molar-refractivity contribution in [1.82, 2.24) is 8.75 Å². The van der Waals surface area contributed by atoms with Gasteiger partial charge in [-0.25, -0.2) is 0 Å². The number of nitrogens with zero attached hydrogens (tertiary/aromatic N) is 2. The van der Waals surface area contributed by atoms with E-state index in [1.807, 2.05) is 79.4 Å². The van der Waals surface area contributed by atoms with Crippen LogP contribution >= 0.6 is 91.1 Å². The van der Waals surface area contributed by atoms with Gasteiger partial charge in [-0.05, 0) is 136 Å². The van der Waals surface area contributed by atoms with Crippen LogP contribution in [0.5, 0.6) is 0 Å². The Morgan fingerprint density at radius 3 is 1.36 bits per heavy atom. The Labute approximate surface area is 369 Å². The number of aryl methyl sites for hydroxylation is 6. The van der Waals surface area contributed by atoms with Crippen LogP contribution in [0.2, 0.25) is 0 Å². The highest BCUT2D eigenvalue weighted by atomic mass is 32.1. The molecule has 11 rings (SSSR count). The Hall–Kier alpha value is -4.10. The molecule has 10 heteroatoms. The van der Waals surface area contributed by atoms with Crippen LogP contribution in [0.4, 0.5) is 0 Å². The predicted octanol–water partition coefficient (Wildman–Crippen LogP) is 17.9. The summed E-state index contributed by atoms with van der Waals surface area (Å²) < 4.78 is 12.5. The molecule has 3 aromatic carbocycles. The highest BCUT2D eigenvalue weighted by Gasteiger charge is 2.21. The maximum absolute atomic E-state index is 4.89. The lowest BCUT2D eigenvalue weighted by Gasteiger charge is -2.03. The molecular weight excluding hydrogens is 861 g/mol. The smallest absolute Gasteiger partial charge is 0.114 e. The Morgan fingerprint density at radius 1 is 0.362 bits per heavy atom. The molecule has 0 amide bonds. The van der Waals surface area contributed by atoms with Crippen LogP contribution in [-0.4, -0.2) is 8.75 Å². The van der Waals surface area contributed by atoms with E-state index >= 15 is 0 Å². The van der Waals surface area contributed by atoms with Gasteiger partial charge in [0.25, 0.3) is 0 Å². The number of benzene rings is 3. The molecule has 0 fully saturated rings. The summed E-state index contributed by atoms with van der Waals surface area (Å²) >= 11 is 14.5. The minimum absolute atomic E-state index is 0.988. The van der Waals surface area contributed by atoms with E-state index in [1.165, 1.54) is 124 Å². The van der Waals surface area contributed by atoms with Crippen molar-refractivity contribution in [2.75, 3.05) is 0 Å². The van der Waals surface area contributed by atoms with E-state index in [0.717, 1.165) is 22.2 Å². The fourth-order valence-corrected chi connectivity index (χ4v) is 17.1. The molecule has 2 nitrogen and oxygen atoms in total. The lowest BCUT2D eigenvalue weighted by atomic mass is 10.0. The van der Waals surface area contributed by atoms with E-state index < -0.39 is 0 Å². The Morgan fingerprint density at radius 2 is 0.828 bits per heavy atom. The Balaban J connectivity index is 0.878. The van der Waals surface area contributed by atoms with E-state index in [4.69, 9.17) is 8.75 Å². The summed E-state index contributed by atoms with van der Waals surface area (Å²) in [7, 11) is 0. The van der Waals surface area contributed by atoms with E-state index in [-0.39, 0.29) is 0 Å². The van der Waals surface area contributed by atoms with E-state index in [0.29, 0.717) is 0 Å². The fraction of sp³-hybridized carbons (Fsp3) is 0.125. The van der Waals surface area contributed by atoms with Gasteiger partial charge in [-0.15, -0.1) is 79.4 Å². The fourth-order valence-electron chi connectivity index (χ4n) is 7.94. The van der Waals surface area contributed by atoms with Gasteiger partial charge in [-0.1, -0.05) is 36.4 Å². The molecule has 284 valence electrons. The van der Waals surface area contributed by atoms with Gasteiger partial charge in [0, 0.05) is 89.8 Å². The number of thiophene rings is 7. The lowest BCUT2D eigenvalue weighted by molar-refractivity contribution is 1.51. The van der Waals surface area contributed by atoms with Crippen LogP contribution in [0, 0.1) is 41.5 Å². The standard InChI is InChI=1S/C48H34N2S8/c1-23-7-9-30-31-10-8-29(22-42(31)54-39(30)17-23)38-19-25(3)46(55-38)35-15-16-37(53-35)48-27(5)21-41(57-48)33-12-11-32(43-44(33)50-58-49-43)40-20-26(4)47(56-40)36-14-13-34(52-36)45-24(2)18-28(6)51-45/h7-22H,1-6H3. The zero-order valence-electron chi connectivity index (χ0n) is 32.4. The molecule has 8 aromatic heterocycles. The molecule has 0 radical (unpaired) electrons. The van der Waals surface area contributed by atoms with Crippen molar-refractivity contribution in [2.45, 2.75) is 41.5 Å². The van der Waals surface area contributed by atoms with Crippen LogP contribution in [0.3, 0.4) is 0 Å². The third-order valence-corrected chi connectivity index (χ3v) is 20.3. The summed E-state index contributed by atoms with van der Waals surface area (Å²) in [5.74, 6) is 0. The quantitative estimate of drug-likeness (QED) is 0.159. The third-order valence-electron chi connectivity index (χ3n) is 10.8. The number of hydrogen-bond donors (Lipinski definition) is 0. The van der Waals surface area contributed by atoms with Crippen molar-refractivity contribution in [3.8, 4) is 70.3 Å². The zero-order valence-corrected chi connectivity index (χ0v) is 38.9. The molecular formula is C48H34N2S8. The second kappa shape index (κ2) is 14.3. The highest BCUT2D eigenvalue weighted by molar-refractivity contribution is 7.29. The summed E-state index contributed by atoms with van der Waals surface area (Å²) in [5, 5.41) is 2.71. The third kappa shape index (κ3) is 6.23. The van der Waals surface area contributed by atoms with Crippen LogP contribution in [-0.2, 0) is 0 Å². The molecule has 11 aromatic rings. The normalized spacial score (nSPS) is 12.0. The molecule has 0 aliphatic rings. The van der Waals surface area contributed by atoms with Gasteiger partial charge in [-0.2, -0.15) is 8.75 Å². The van der Waals surface area contributed by atoms with Crippen molar-refractivity contribution < 1.29 is 0 Å². The molecule has 0 atom stereocenters. The van der Waals surface area contributed by atoms with Gasteiger partial charge in [0.1, 0.15) is 11.0 Å². The topological polar surface area (TPSA) is 25.8 Å². The first kappa shape index (κ1) is 36.9. The summed E-state index contributed by atoms with van der Waals surface area (Å²) in [4.78, 5) is 15.9. The number of fused-ring (bicyclic) bond motifs is 4. The molecule has 0 aliphatic heterocycles. The van der Waals surface area contributed by atoms with Gasteiger partial charge in [0.05, 0.1) is 11.7 Å². The Bertz CT molecular complexity index is 3380. The first-order chi connectivity index (χ1) is 28.1. The second-order valence-electron chi connectivity index (χ2n) is 15.0. The van der Waals surface area contributed by atoms with Crippen molar-refractivity contribution in [1.29, 1.82) is 0 Å². The first-order valence-corrected chi connectivity index (χ1v) is 25.4. The van der Waals surface area contributed by atoms with E-state index in [9.17, 15) is 0 Å². The van der Waals surface area contributed by atoms with E-state index in [2.05, 4.69) is 139 Å². The lowest BCUT2D eigenvalue weighted by Crippen LogP contribution is -1.82. The maximum atomic E-state index is 4.89. The molecule has 0 saturated heterocycles. The largest absolute Gasteiger partial charge is 0.172 e. The van der Waals surface area contributed by atoms with Crippen LogP contribution < -0.4 is 0 Å². The van der Waals surface area contributed by atoms with Crippen LogP contribution in [0.15, 0.2) is 97.1 Å². The summed E-state index contributed by atoms with van der Waals surface area (Å²) in [5.41, 5.74) is 12.2. The monoisotopic (exact) mass is 894 g/mol. The number of hydrogen-bond acceptors (Lipinski definition) is 10. The minimum atomic E-state index is 0.988. The van der Waals surface area contributed by atoms with Crippen molar-refractivity contribution in [3.63, 3.8) is 0 Å². The molecule has 0 unspecified atom stereocenters. The zero-order chi connectivity index (χ0) is 39.4. The molecule has 0 aliphatic carbocycles. The van der Waals surface area contributed by atoms with Gasteiger partial charge in [0.2, 0.25) is 0 Å². The second-order valence-corrected chi connectivity index (χ2v) is 23.2. The van der Waals surface area contributed by atoms with Crippen molar-refractivity contribution >= 4 is 122 Å². The molecule has 0 bridgehead atoms. The number of aromatic nitrogens is 2. The molecule has 0 spiro atoms. The average Bonchev–Trinajstić information content (AvgIpc) is 4.05. The van der Waals surface area contributed by atoms with Crippen molar-refractivity contribution in [3.05, 3.63) is 130 Å². The summed E-state index contributed by atoms with van der Waals surface area (Å²) in [6.45, 7) is 13.3. The van der Waals surface area contributed by atoms with E-state index in [1.54, 1.807) is 0 Å². The molecule has 0 saturated carbocycles. The van der Waals surface area contributed by atoms with Crippen molar-refractivity contribution in [2.24, 2.45) is 0 Å².